The van der Waals surface area contributed by atoms with E-state index in [1.165, 1.54) is 5.56 Å². The van der Waals surface area contributed by atoms with Crippen molar-refractivity contribution in [1.29, 1.82) is 0 Å². The van der Waals surface area contributed by atoms with Crippen LogP contribution in [-0.2, 0) is 14.2 Å². The van der Waals surface area contributed by atoms with Crippen LogP contribution in [0.15, 0.2) is 48.5 Å². The van der Waals surface area contributed by atoms with E-state index >= 15 is 0 Å². The molecule has 0 aromatic heterocycles. The second-order valence-electron chi connectivity index (χ2n) is 6.15. The maximum atomic E-state index is 5.70. The first kappa shape index (κ1) is 23.7. The molecule has 6 heteroatoms. The summed E-state index contributed by atoms with van der Waals surface area (Å²) in [4.78, 5) is 0. The zero-order valence-corrected chi connectivity index (χ0v) is 19.1. The molecule has 2 aromatic carbocycles. The van der Waals surface area contributed by atoms with Gasteiger partial charge < -0.3 is 24.3 Å². The zero-order chi connectivity index (χ0) is 20.6. The van der Waals surface area contributed by atoms with E-state index in [1.807, 2.05) is 31.3 Å². The molecule has 5 nitrogen and oxygen atoms in total. The molecule has 0 bridgehead atoms. The van der Waals surface area contributed by atoms with Crippen LogP contribution in [0.1, 0.15) is 11.1 Å². The van der Waals surface area contributed by atoms with Crippen LogP contribution in [0.5, 0.6) is 5.75 Å². The number of hydrogen-bond donors (Lipinski definition) is 1. The fourth-order valence-electron chi connectivity index (χ4n) is 2.44. The molecule has 2 aromatic rings. The molecule has 0 fully saturated rings. The first-order valence-electron chi connectivity index (χ1n) is 9.80. The first-order chi connectivity index (χ1) is 14.3. The molecule has 0 aliphatic heterocycles. The van der Waals surface area contributed by atoms with Crippen molar-refractivity contribution in [3.8, 4) is 5.75 Å². The largest absolute Gasteiger partial charge is 0.491 e. The molecule has 2 rings (SSSR count). The maximum Gasteiger partial charge on any atom is 0.119 e. The quantitative estimate of drug-likeness (QED) is 0.163. The van der Waals surface area contributed by atoms with E-state index in [2.05, 4.69) is 64.3 Å². The summed E-state index contributed by atoms with van der Waals surface area (Å²) in [6.07, 6.45) is 4.19. The minimum Gasteiger partial charge on any atom is -0.491 e. The zero-order valence-electron chi connectivity index (χ0n) is 16.9. The van der Waals surface area contributed by atoms with Crippen molar-refractivity contribution in [2.45, 2.75) is 0 Å². The lowest BCUT2D eigenvalue weighted by molar-refractivity contribution is 0.0120. The fraction of sp³-hybridized carbons (Fsp3) is 0.391. The Hall–Kier alpha value is -1.61. The van der Waals surface area contributed by atoms with Gasteiger partial charge in [-0.05, 0) is 35.4 Å². The molecule has 0 unspecified atom stereocenters. The number of nitrogens with one attached hydrogen (secondary N) is 1. The van der Waals surface area contributed by atoms with Crippen LogP contribution in [-0.4, -0.2) is 57.7 Å². The Balaban J connectivity index is 1.56. The Labute approximate surface area is 187 Å². The van der Waals surface area contributed by atoms with Crippen molar-refractivity contribution in [3.05, 3.63) is 59.7 Å². The first-order valence-corrected chi connectivity index (χ1v) is 11.3. The van der Waals surface area contributed by atoms with Crippen molar-refractivity contribution in [2.24, 2.45) is 0 Å². The predicted molar refractivity (Wildman–Crippen MR) is 128 cm³/mol. The Bertz CT molecular complexity index is 689. The van der Waals surface area contributed by atoms with Gasteiger partial charge in [0.15, 0.2) is 0 Å². The monoisotopic (exact) mass is 507 g/mol. The molecule has 29 heavy (non-hydrogen) atoms. The molecule has 0 heterocycles. The van der Waals surface area contributed by atoms with Crippen LogP contribution in [0, 0.1) is 0 Å². The van der Waals surface area contributed by atoms with E-state index in [9.17, 15) is 0 Å². The third-order valence-electron chi connectivity index (χ3n) is 4.01. The Morgan fingerprint density at radius 1 is 0.690 bits per heavy atom. The van der Waals surface area contributed by atoms with E-state index in [4.69, 9.17) is 18.9 Å². The van der Waals surface area contributed by atoms with Gasteiger partial charge in [0.25, 0.3) is 0 Å². The number of halogens is 1. The van der Waals surface area contributed by atoms with Crippen LogP contribution in [0.3, 0.4) is 0 Å². The summed E-state index contributed by atoms with van der Waals surface area (Å²) in [6, 6.07) is 16.3. The molecular formula is C23H30INO4. The number of ether oxygens (including phenoxy) is 4. The number of benzene rings is 2. The van der Waals surface area contributed by atoms with Crippen molar-refractivity contribution in [2.75, 3.05) is 63.0 Å². The summed E-state index contributed by atoms with van der Waals surface area (Å²) >= 11 is 2.29. The Kier molecular flexibility index (Phi) is 12.5. The standard InChI is InChI=1S/C23H30INO4/c1-25-22-8-4-20(5-9-22)2-3-21-6-10-23(11-7-21)29-19-18-28-17-16-27-15-14-26-13-12-24/h2-11,25H,12-19H2,1H3/b3-2+/i24-4. The van der Waals surface area contributed by atoms with E-state index in [0.717, 1.165) is 28.0 Å². The molecule has 0 saturated heterocycles. The van der Waals surface area contributed by atoms with E-state index in [0.29, 0.717) is 39.6 Å². The van der Waals surface area contributed by atoms with Crippen molar-refractivity contribution in [3.63, 3.8) is 0 Å². The topological polar surface area (TPSA) is 49.0 Å². The molecule has 0 atom stereocenters. The smallest absolute Gasteiger partial charge is 0.119 e. The summed E-state index contributed by atoms with van der Waals surface area (Å²) in [5.41, 5.74) is 3.40. The van der Waals surface area contributed by atoms with Crippen LogP contribution >= 0.6 is 22.6 Å². The normalized spacial score (nSPS) is 11.1. The summed E-state index contributed by atoms with van der Waals surface area (Å²) < 4.78 is 23.0. The lowest BCUT2D eigenvalue weighted by Gasteiger charge is -2.08. The number of anilines is 1. The number of hydrogen-bond acceptors (Lipinski definition) is 5. The van der Waals surface area contributed by atoms with Gasteiger partial charge in [0.1, 0.15) is 12.4 Å². The molecule has 1 N–H and O–H groups in total. The average molecular weight is 507 g/mol. The second kappa shape index (κ2) is 15.3. The molecule has 0 saturated carbocycles. The van der Waals surface area contributed by atoms with Gasteiger partial charge in [0, 0.05) is 17.2 Å². The minimum absolute atomic E-state index is 0.520. The van der Waals surface area contributed by atoms with Crippen LogP contribution in [0.4, 0.5) is 5.69 Å². The number of rotatable bonds is 15. The van der Waals surface area contributed by atoms with Crippen LogP contribution < -0.4 is 10.1 Å². The highest BCUT2D eigenvalue weighted by Crippen LogP contribution is 2.15. The highest BCUT2D eigenvalue weighted by Gasteiger charge is 1.96. The Morgan fingerprint density at radius 2 is 1.17 bits per heavy atom. The van der Waals surface area contributed by atoms with Gasteiger partial charge in [0.2, 0.25) is 0 Å². The summed E-state index contributed by atoms with van der Waals surface area (Å²) in [7, 11) is 1.92. The fourth-order valence-corrected chi connectivity index (χ4v) is 2.75. The Morgan fingerprint density at radius 3 is 1.69 bits per heavy atom. The lowest BCUT2D eigenvalue weighted by atomic mass is 10.1. The molecular weight excluding hydrogens is 477 g/mol. The van der Waals surface area contributed by atoms with Gasteiger partial charge in [-0.2, -0.15) is 0 Å². The van der Waals surface area contributed by atoms with Gasteiger partial charge >= 0.3 is 0 Å². The van der Waals surface area contributed by atoms with Gasteiger partial charge in [0.05, 0.1) is 39.6 Å². The third-order valence-corrected chi connectivity index (χ3v) is 4.45. The van der Waals surface area contributed by atoms with Gasteiger partial charge in [-0.3, -0.25) is 0 Å². The number of alkyl halides is 1. The highest BCUT2D eigenvalue weighted by molar-refractivity contribution is 14.1. The predicted octanol–water partition coefficient (Wildman–Crippen LogP) is 4.76. The van der Waals surface area contributed by atoms with Crippen LogP contribution in [0.25, 0.3) is 12.2 Å². The summed E-state index contributed by atoms with van der Waals surface area (Å²) in [6.45, 7) is 4.23. The van der Waals surface area contributed by atoms with E-state index in [1.54, 1.807) is 0 Å². The van der Waals surface area contributed by atoms with Gasteiger partial charge in [-0.25, -0.2) is 0 Å². The second-order valence-corrected chi connectivity index (χ2v) is 7.23. The third kappa shape index (κ3) is 10.7. The van der Waals surface area contributed by atoms with Crippen molar-refractivity contribution >= 4 is 40.4 Å². The molecule has 158 valence electrons. The maximum absolute atomic E-state index is 5.70. The lowest BCUT2D eigenvalue weighted by Crippen LogP contribution is -2.13. The van der Waals surface area contributed by atoms with Gasteiger partial charge in [-0.1, -0.05) is 59.0 Å². The van der Waals surface area contributed by atoms with Crippen molar-refractivity contribution in [1.82, 2.24) is 0 Å². The average Bonchev–Trinajstić information content (AvgIpc) is 2.77. The summed E-state index contributed by atoms with van der Waals surface area (Å²) in [5.74, 6) is 0.841. The SMILES string of the molecule is CNc1ccc(/C=C/c2ccc(OCCOCCOCCOCC[123I])cc2)cc1. The van der Waals surface area contributed by atoms with E-state index in [-0.39, 0.29) is 0 Å². The minimum atomic E-state index is 0.520. The van der Waals surface area contributed by atoms with Gasteiger partial charge in [-0.15, -0.1) is 0 Å². The molecule has 0 spiro atoms. The molecule has 0 radical (unpaired) electrons. The molecule has 0 amide bonds. The van der Waals surface area contributed by atoms with Crippen molar-refractivity contribution < 1.29 is 18.9 Å². The molecule has 0 aliphatic carbocycles. The van der Waals surface area contributed by atoms with Crippen LogP contribution in [0.2, 0.25) is 0 Å². The highest BCUT2D eigenvalue weighted by atomic mass is 123. The summed E-state index contributed by atoms with van der Waals surface area (Å²) in [5, 5.41) is 3.12. The molecule has 0 aliphatic rings. The van der Waals surface area contributed by atoms with E-state index < -0.39 is 0 Å².